The average molecular weight is 311 g/mol. The zero-order valence-corrected chi connectivity index (χ0v) is 10.1. The van der Waals surface area contributed by atoms with Crippen LogP contribution in [0.3, 0.4) is 0 Å². The van der Waals surface area contributed by atoms with Crippen molar-refractivity contribution in [2.75, 3.05) is 0 Å². The largest absolute Gasteiger partial charge is 0.291 e. The molecule has 0 aromatic carbocycles. The van der Waals surface area contributed by atoms with Crippen molar-refractivity contribution in [2.45, 2.75) is 6.92 Å². The lowest BCUT2D eigenvalue weighted by atomic mass is 10.3. The summed E-state index contributed by atoms with van der Waals surface area (Å²) in [5.74, 6) is 0. The van der Waals surface area contributed by atoms with E-state index in [1.54, 1.807) is 0 Å². The first-order valence-corrected chi connectivity index (χ1v) is 5.37. The fourth-order valence-electron chi connectivity index (χ4n) is 0.626. The van der Waals surface area contributed by atoms with Gasteiger partial charge in [-0.1, -0.05) is 6.08 Å². The number of rotatable bonds is 2. The van der Waals surface area contributed by atoms with Crippen LogP contribution in [-0.4, -0.2) is 13.4 Å². The summed E-state index contributed by atoms with van der Waals surface area (Å²) in [6.45, 7) is 1.89. The normalized spacial score (nSPS) is 11.8. The van der Waals surface area contributed by atoms with E-state index in [-0.39, 0.29) is 4.62 Å². The van der Waals surface area contributed by atoms with Crippen molar-refractivity contribution in [3.63, 3.8) is 0 Å². The third kappa shape index (κ3) is 1.99. The Balaban J connectivity index is 3.16. The van der Waals surface area contributed by atoms with Crippen LogP contribution in [-0.2, 0) is 0 Å². The van der Waals surface area contributed by atoms with Crippen molar-refractivity contribution < 1.29 is 0 Å². The van der Waals surface area contributed by atoms with Crippen molar-refractivity contribution in [3.8, 4) is 0 Å². The highest BCUT2D eigenvalue weighted by Crippen LogP contribution is 2.23. The fraction of sp³-hybridized carbons (Fsp3) is 0.167. The van der Waals surface area contributed by atoms with E-state index >= 15 is 0 Å². The molecule has 64 valence electrons. The van der Waals surface area contributed by atoms with Gasteiger partial charge in [0.2, 0.25) is 0 Å². The fourth-order valence-corrected chi connectivity index (χ4v) is 1.98. The molecule has 0 atom stereocenters. The molecule has 0 saturated carbocycles. The first kappa shape index (κ1) is 10.0. The van der Waals surface area contributed by atoms with Crippen LogP contribution in [0.15, 0.2) is 6.08 Å². The summed E-state index contributed by atoms with van der Waals surface area (Å²) in [6, 6.07) is 0. The van der Waals surface area contributed by atoms with Crippen molar-refractivity contribution in [1.29, 1.82) is 5.41 Å². The van der Waals surface area contributed by atoms with Gasteiger partial charge in [-0.2, -0.15) is 8.75 Å². The first-order valence-electron chi connectivity index (χ1n) is 3.06. The lowest BCUT2D eigenvalue weighted by molar-refractivity contribution is 1.40. The lowest BCUT2D eigenvalue weighted by Gasteiger charge is -1.94. The van der Waals surface area contributed by atoms with Gasteiger partial charge in [-0.05, 0) is 38.8 Å². The van der Waals surface area contributed by atoms with Crippen LogP contribution in [0.25, 0.3) is 4.48 Å². The van der Waals surface area contributed by atoms with Crippen LogP contribution in [0.1, 0.15) is 18.3 Å². The molecule has 0 spiro atoms. The minimum atomic E-state index is 0.255. The van der Waals surface area contributed by atoms with Crippen molar-refractivity contribution >= 4 is 52.7 Å². The summed E-state index contributed by atoms with van der Waals surface area (Å²) in [5, 5.41) is 7.33. The molecule has 1 N–H and O–H groups in total. The Morgan fingerprint density at radius 1 is 1.42 bits per heavy atom. The number of hydrogen-bond donors (Lipinski definition) is 1. The van der Waals surface area contributed by atoms with E-state index < -0.39 is 0 Å². The van der Waals surface area contributed by atoms with Gasteiger partial charge in [0.1, 0.15) is 16.0 Å². The summed E-state index contributed by atoms with van der Waals surface area (Å²) in [4.78, 5) is 0. The van der Waals surface area contributed by atoms with Crippen LogP contribution in [0.5, 0.6) is 0 Å². The van der Waals surface area contributed by atoms with Crippen LogP contribution < -0.4 is 0 Å². The highest BCUT2D eigenvalue weighted by Gasteiger charge is 2.12. The standard InChI is InChI=1S/C6H5Br2N3S/c1-2-3(7)4-5(6(8)9)11-12-10-4/h2,9H,1H3/b3-2+,9-6?. The summed E-state index contributed by atoms with van der Waals surface area (Å²) in [7, 11) is 0. The quantitative estimate of drug-likeness (QED) is 0.854. The molecule has 0 fully saturated rings. The zero-order valence-electron chi connectivity index (χ0n) is 6.14. The van der Waals surface area contributed by atoms with Gasteiger partial charge in [0.05, 0.1) is 11.7 Å². The van der Waals surface area contributed by atoms with Gasteiger partial charge in [-0.3, -0.25) is 5.41 Å². The predicted octanol–water partition coefficient (Wildman–Crippen LogP) is 3.01. The first-order chi connectivity index (χ1) is 5.66. The van der Waals surface area contributed by atoms with Crippen LogP contribution in [0.2, 0.25) is 0 Å². The SMILES string of the molecule is C/C=C(/Br)c1nsnc1C(=N)Br. The van der Waals surface area contributed by atoms with Crippen LogP contribution >= 0.6 is 43.6 Å². The Labute approximate surface area is 91.0 Å². The van der Waals surface area contributed by atoms with Gasteiger partial charge >= 0.3 is 0 Å². The van der Waals surface area contributed by atoms with Gasteiger partial charge < -0.3 is 0 Å². The average Bonchev–Trinajstić information content (AvgIpc) is 2.50. The van der Waals surface area contributed by atoms with E-state index in [4.69, 9.17) is 5.41 Å². The predicted molar refractivity (Wildman–Crippen MR) is 58.2 cm³/mol. The van der Waals surface area contributed by atoms with E-state index in [9.17, 15) is 0 Å². The Morgan fingerprint density at radius 3 is 2.50 bits per heavy atom. The highest BCUT2D eigenvalue weighted by molar-refractivity contribution is 9.18. The lowest BCUT2D eigenvalue weighted by Crippen LogP contribution is -1.92. The maximum absolute atomic E-state index is 7.33. The summed E-state index contributed by atoms with van der Waals surface area (Å²) >= 11 is 7.48. The molecule has 0 aliphatic heterocycles. The number of hydrogen-bond acceptors (Lipinski definition) is 4. The summed E-state index contributed by atoms with van der Waals surface area (Å²) in [6.07, 6.45) is 1.87. The Kier molecular flexibility index (Phi) is 3.54. The van der Waals surface area contributed by atoms with Crippen LogP contribution in [0.4, 0.5) is 0 Å². The number of nitrogens with zero attached hydrogens (tertiary/aromatic N) is 2. The van der Waals surface area contributed by atoms with E-state index in [1.165, 1.54) is 0 Å². The second kappa shape index (κ2) is 4.25. The Morgan fingerprint density at radius 2 is 2.00 bits per heavy atom. The number of allylic oxidation sites excluding steroid dienone is 1. The van der Waals surface area contributed by atoms with Gasteiger partial charge in [0.25, 0.3) is 0 Å². The van der Waals surface area contributed by atoms with Crippen LogP contribution in [0, 0.1) is 5.41 Å². The monoisotopic (exact) mass is 309 g/mol. The Hall–Kier alpha value is -0.0700. The van der Waals surface area contributed by atoms with Gasteiger partial charge in [-0.15, -0.1) is 0 Å². The smallest absolute Gasteiger partial charge is 0.137 e. The third-order valence-electron chi connectivity index (χ3n) is 1.18. The van der Waals surface area contributed by atoms with Crippen molar-refractivity contribution in [3.05, 3.63) is 17.5 Å². The minimum Gasteiger partial charge on any atom is -0.291 e. The molecule has 0 unspecified atom stereocenters. The molecule has 0 bridgehead atoms. The number of aromatic nitrogens is 2. The molecular formula is C6H5Br2N3S. The summed E-state index contributed by atoms with van der Waals surface area (Å²) in [5.41, 5.74) is 1.29. The second-order valence-corrected chi connectivity index (χ2v) is 4.09. The van der Waals surface area contributed by atoms with Gasteiger partial charge in [0.15, 0.2) is 0 Å². The molecule has 1 heterocycles. The molecule has 12 heavy (non-hydrogen) atoms. The van der Waals surface area contributed by atoms with E-state index in [2.05, 4.69) is 40.6 Å². The van der Waals surface area contributed by atoms with E-state index in [1.807, 2.05) is 13.0 Å². The van der Waals surface area contributed by atoms with Crippen molar-refractivity contribution in [1.82, 2.24) is 8.75 Å². The topological polar surface area (TPSA) is 49.6 Å². The number of halogens is 2. The second-order valence-electron chi connectivity index (χ2n) is 1.91. The van der Waals surface area contributed by atoms with Gasteiger partial charge in [0, 0.05) is 4.48 Å². The summed E-state index contributed by atoms with van der Waals surface area (Å²) < 4.78 is 9.14. The molecule has 0 aliphatic rings. The van der Waals surface area contributed by atoms with Gasteiger partial charge in [-0.25, -0.2) is 0 Å². The van der Waals surface area contributed by atoms with E-state index in [0.717, 1.165) is 16.2 Å². The molecule has 0 saturated heterocycles. The number of nitrogens with one attached hydrogen (secondary N) is 1. The molecule has 6 heteroatoms. The molecule has 0 aliphatic carbocycles. The maximum atomic E-state index is 7.33. The molecule has 1 rings (SSSR count). The zero-order chi connectivity index (χ0) is 9.14. The minimum absolute atomic E-state index is 0.255. The molecule has 3 nitrogen and oxygen atoms in total. The van der Waals surface area contributed by atoms with E-state index in [0.29, 0.717) is 11.4 Å². The third-order valence-corrected chi connectivity index (χ3v) is 2.91. The maximum Gasteiger partial charge on any atom is 0.137 e. The molecule has 0 amide bonds. The highest BCUT2D eigenvalue weighted by atomic mass is 79.9. The molecule has 0 radical (unpaired) electrons. The Bertz CT molecular complexity index is 331. The molecular weight excluding hydrogens is 306 g/mol. The van der Waals surface area contributed by atoms with Crippen molar-refractivity contribution in [2.24, 2.45) is 0 Å². The molecule has 1 aromatic rings. The molecule has 1 aromatic heterocycles.